The van der Waals surface area contributed by atoms with Crippen molar-refractivity contribution in [2.75, 3.05) is 13.7 Å². The second kappa shape index (κ2) is 21.1. The normalized spacial score (nSPS) is 13.2. The molecule has 0 heterocycles. The van der Waals surface area contributed by atoms with E-state index in [0.717, 1.165) is 41.0 Å². The Hall–Kier alpha value is -2.22. The second-order valence-electron chi connectivity index (χ2n) is 5.46. The van der Waals surface area contributed by atoms with Crippen LogP contribution in [0.25, 0.3) is 0 Å². The van der Waals surface area contributed by atoms with Crippen LogP contribution in [0.4, 0.5) is 0 Å². The van der Waals surface area contributed by atoms with E-state index in [0.29, 0.717) is 6.61 Å². The Morgan fingerprint density at radius 1 is 1.11 bits per heavy atom. The molecular weight excluding hydrogens is 342 g/mol. The lowest BCUT2D eigenvalue weighted by Crippen LogP contribution is -2.12. The van der Waals surface area contributed by atoms with Gasteiger partial charge in [0.1, 0.15) is 12.4 Å². The molecule has 0 atom stereocenters. The van der Waals surface area contributed by atoms with E-state index in [9.17, 15) is 0 Å². The third-order valence-corrected chi connectivity index (χ3v) is 3.92. The molecule has 1 N–H and O–H groups in total. The van der Waals surface area contributed by atoms with Gasteiger partial charge < -0.3 is 10.1 Å². The van der Waals surface area contributed by atoms with Crippen LogP contribution in [-0.4, -0.2) is 13.7 Å². The van der Waals surface area contributed by atoms with Gasteiger partial charge >= 0.3 is 0 Å². The van der Waals surface area contributed by atoms with Crippen molar-refractivity contribution in [3.63, 3.8) is 0 Å². The van der Waals surface area contributed by atoms with Gasteiger partial charge in [-0.05, 0) is 51.7 Å². The zero-order valence-electron chi connectivity index (χ0n) is 20.0. The van der Waals surface area contributed by atoms with Crippen molar-refractivity contribution in [2.45, 2.75) is 68.2 Å². The molecule has 28 heavy (non-hydrogen) atoms. The van der Waals surface area contributed by atoms with E-state index >= 15 is 0 Å². The van der Waals surface area contributed by atoms with Crippen LogP contribution in [0, 0.1) is 0 Å². The van der Waals surface area contributed by atoms with E-state index in [1.54, 1.807) is 12.2 Å². The average Bonchev–Trinajstić information content (AvgIpc) is 2.78. The molecule has 0 unspecified atom stereocenters. The van der Waals surface area contributed by atoms with Crippen molar-refractivity contribution in [1.29, 1.82) is 0 Å². The van der Waals surface area contributed by atoms with Gasteiger partial charge in [-0.2, -0.15) is 0 Å². The minimum atomic E-state index is 0.493. The molecule has 0 aromatic carbocycles. The zero-order valence-corrected chi connectivity index (χ0v) is 20.0. The van der Waals surface area contributed by atoms with Gasteiger partial charge in [-0.3, -0.25) is 0 Å². The maximum atomic E-state index is 5.92. The lowest BCUT2D eigenvalue weighted by Gasteiger charge is -2.24. The summed E-state index contributed by atoms with van der Waals surface area (Å²) in [6.45, 7) is 28.3. The summed E-state index contributed by atoms with van der Waals surface area (Å²) in [6, 6.07) is 0. The molecule has 0 fully saturated rings. The Morgan fingerprint density at radius 2 is 1.64 bits per heavy atom. The summed E-state index contributed by atoms with van der Waals surface area (Å²) in [6.07, 6.45) is 11.7. The fraction of sp³-hybridized carbons (Fsp3) is 0.462. The average molecular weight is 388 g/mol. The largest absolute Gasteiger partial charge is 0.489 e. The summed E-state index contributed by atoms with van der Waals surface area (Å²) in [5.74, 6) is 0.910. The topological polar surface area (TPSA) is 21.3 Å². The quantitative estimate of drug-likeness (QED) is 0.352. The number of hydrogen-bond acceptors (Lipinski definition) is 2. The lowest BCUT2D eigenvalue weighted by molar-refractivity contribution is 0.251. The van der Waals surface area contributed by atoms with E-state index < -0.39 is 0 Å². The minimum Gasteiger partial charge on any atom is -0.489 e. The summed E-state index contributed by atoms with van der Waals surface area (Å²) >= 11 is 0. The molecule has 0 aliphatic heterocycles. The van der Waals surface area contributed by atoms with Gasteiger partial charge in [-0.15, -0.1) is 0 Å². The van der Waals surface area contributed by atoms with E-state index in [4.69, 9.17) is 4.74 Å². The van der Waals surface area contributed by atoms with Gasteiger partial charge in [0.25, 0.3) is 0 Å². The zero-order chi connectivity index (χ0) is 22.5. The first-order valence-corrected chi connectivity index (χ1v) is 10.4. The first kappa shape index (κ1) is 30.5. The Balaban J connectivity index is -0.000000675. The van der Waals surface area contributed by atoms with Crippen LogP contribution in [0.3, 0.4) is 0 Å². The SMILES string of the molecule is C/C=C\C.C=CCOC1=C(C(=C)C=C)CCC=C1/C(C)=C(/C)NC.CC.CC. The molecule has 2 heteroatoms. The Morgan fingerprint density at radius 3 is 2.04 bits per heavy atom. The predicted octanol–water partition coefficient (Wildman–Crippen LogP) is 8.05. The monoisotopic (exact) mass is 387 g/mol. The van der Waals surface area contributed by atoms with Crippen molar-refractivity contribution < 1.29 is 4.74 Å². The van der Waals surface area contributed by atoms with Gasteiger partial charge in [-0.1, -0.05) is 77.8 Å². The second-order valence-corrected chi connectivity index (χ2v) is 5.46. The van der Waals surface area contributed by atoms with Crippen LogP contribution >= 0.6 is 0 Å². The Labute approximate surface area is 176 Å². The van der Waals surface area contributed by atoms with E-state index in [1.165, 1.54) is 5.57 Å². The highest BCUT2D eigenvalue weighted by Crippen LogP contribution is 2.35. The highest BCUT2D eigenvalue weighted by molar-refractivity contribution is 5.54. The van der Waals surface area contributed by atoms with Crippen molar-refractivity contribution in [1.82, 2.24) is 5.32 Å². The minimum absolute atomic E-state index is 0.493. The molecular formula is C26H45NO. The molecule has 160 valence electrons. The molecule has 0 radical (unpaired) electrons. The molecule has 1 aliphatic carbocycles. The molecule has 0 aromatic rings. The summed E-state index contributed by atoms with van der Waals surface area (Å²) in [5, 5.41) is 3.19. The third kappa shape index (κ3) is 11.5. The standard InChI is InChI=1S/C18H25NO.C4H8.2C2H6/c1-7-12-20-18-16(13(3)8-2)10-9-11-17(18)14(4)15(5)19-6;1-3-4-2;2*1-2/h7-8,11,19H,1-3,9-10,12H2,4-6H3;3-4H,1-2H3;2*1-2H3/b15-14-;4-3-;;. The van der Waals surface area contributed by atoms with Crippen LogP contribution in [0.15, 0.2) is 83.9 Å². The van der Waals surface area contributed by atoms with Gasteiger partial charge in [-0.25, -0.2) is 0 Å². The molecule has 0 bridgehead atoms. The number of rotatable bonds is 7. The van der Waals surface area contributed by atoms with E-state index in [2.05, 4.69) is 45.0 Å². The first-order chi connectivity index (χ1) is 13.5. The highest BCUT2D eigenvalue weighted by atomic mass is 16.5. The van der Waals surface area contributed by atoms with Crippen LogP contribution < -0.4 is 5.32 Å². The van der Waals surface area contributed by atoms with E-state index in [1.807, 2.05) is 60.7 Å². The summed E-state index contributed by atoms with van der Waals surface area (Å²) in [7, 11) is 1.93. The first-order valence-electron chi connectivity index (χ1n) is 10.4. The molecule has 2 nitrogen and oxygen atoms in total. The van der Waals surface area contributed by atoms with Crippen molar-refractivity contribution in [3.8, 4) is 0 Å². The number of allylic oxidation sites excluding steroid dienone is 8. The summed E-state index contributed by atoms with van der Waals surface area (Å²) < 4.78 is 5.92. The van der Waals surface area contributed by atoms with Gasteiger partial charge in [0, 0.05) is 23.9 Å². The Kier molecular flexibility index (Phi) is 23.0. The lowest BCUT2D eigenvalue weighted by atomic mass is 9.89. The van der Waals surface area contributed by atoms with Crippen molar-refractivity contribution >= 4 is 0 Å². The molecule has 0 amide bonds. The number of nitrogens with one attached hydrogen (secondary N) is 1. The Bertz CT molecular complexity index is 567. The smallest absolute Gasteiger partial charge is 0.130 e. The number of hydrogen-bond donors (Lipinski definition) is 1. The van der Waals surface area contributed by atoms with Crippen LogP contribution in [0.2, 0.25) is 0 Å². The van der Waals surface area contributed by atoms with Crippen molar-refractivity contribution in [2.24, 2.45) is 0 Å². The molecule has 0 spiro atoms. The van der Waals surface area contributed by atoms with Crippen LogP contribution in [0.5, 0.6) is 0 Å². The predicted molar refractivity (Wildman–Crippen MR) is 130 cm³/mol. The van der Waals surface area contributed by atoms with Gasteiger partial charge in [0.2, 0.25) is 0 Å². The van der Waals surface area contributed by atoms with Gasteiger partial charge in [0.05, 0.1) is 0 Å². The van der Waals surface area contributed by atoms with Gasteiger partial charge in [0.15, 0.2) is 0 Å². The van der Waals surface area contributed by atoms with E-state index in [-0.39, 0.29) is 0 Å². The number of ether oxygens (including phenoxy) is 1. The van der Waals surface area contributed by atoms with Crippen molar-refractivity contribution in [3.05, 3.63) is 83.9 Å². The fourth-order valence-electron chi connectivity index (χ4n) is 2.18. The fourth-order valence-corrected chi connectivity index (χ4v) is 2.18. The maximum absolute atomic E-state index is 5.92. The molecule has 1 aliphatic rings. The summed E-state index contributed by atoms with van der Waals surface area (Å²) in [4.78, 5) is 0. The molecule has 0 saturated carbocycles. The van der Waals surface area contributed by atoms with Crippen LogP contribution in [0.1, 0.15) is 68.2 Å². The third-order valence-electron chi connectivity index (χ3n) is 3.92. The van der Waals surface area contributed by atoms with Crippen LogP contribution in [-0.2, 0) is 4.74 Å². The highest BCUT2D eigenvalue weighted by Gasteiger charge is 2.20. The molecule has 1 rings (SSSR count). The molecule has 0 aromatic heterocycles. The maximum Gasteiger partial charge on any atom is 0.130 e. The summed E-state index contributed by atoms with van der Waals surface area (Å²) in [5.41, 5.74) is 5.55. The molecule has 0 saturated heterocycles.